The normalized spacial score (nSPS) is 20.0. The Bertz CT molecular complexity index is 720. The molecule has 0 spiro atoms. The van der Waals surface area contributed by atoms with Crippen LogP contribution in [0.25, 0.3) is 0 Å². The van der Waals surface area contributed by atoms with Crippen LogP contribution in [0.15, 0.2) is 29.9 Å². The first-order chi connectivity index (χ1) is 11.7. The van der Waals surface area contributed by atoms with Gasteiger partial charge in [-0.2, -0.15) is 5.26 Å². The fourth-order valence-corrected chi connectivity index (χ4v) is 3.27. The number of anilines is 1. The number of aromatic nitrogens is 2. The lowest BCUT2D eigenvalue weighted by atomic mass is 9.93. The zero-order valence-electron chi connectivity index (χ0n) is 12.9. The van der Waals surface area contributed by atoms with E-state index in [0.29, 0.717) is 0 Å². The fraction of sp³-hybridized carbons (Fsp3) is 0.375. The van der Waals surface area contributed by atoms with E-state index in [4.69, 9.17) is 10.00 Å². The molecular weight excluding hydrogens is 326 g/mol. The Balaban J connectivity index is 1.46. The molecule has 2 N–H and O–H groups in total. The molecule has 1 fully saturated rings. The van der Waals surface area contributed by atoms with E-state index in [1.54, 1.807) is 0 Å². The fourth-order valence-electron chi connectivity index (χ4n) is 2.65. The Morgan fingerprint density at radius 3 is 2.79 bits per heavy atom. The molecule has 0 atom stereocenters. The maximum Gasteiger partial charge on any atom is 0.320 e. The highest BCUT2D eigenvalue weighted by molar-refractivity contribution is 7.14. The van der Waals surface area contributed by atoms with Crippen molar-refractivity contribution in [2.45, 2.75) is 37.8 Å². The molecule has 1 saturated carbocycles. The monoisotopic (exact) mass is 343 g/mol. The number of rotatable bonds is 4. The molecule has 1 aliphatic rings. The summed E-state index contributed by atoms with van der Waals surface area (Å²) >= 11 is 1.49. The van der Waals surface area contributed by atoms with Gasteiger partial charge in [-0.05, 0) is 43.2 Å². The largest absolute Gasteiger partial charge is 0.472 e. The van der Waals surface area contributed by atoms with Crippen molar-refractivity contribution in [2.24, 2.45) is 0 Å². The first kappa shape index (κ1) is 16.2. The van der Waals surface area contributed by atoms with E-state index in [-0.39, 0.29) is 29.8 Å². The highest BCUT2D eigenvalue weighted by Gasteiger charge is 2.24. The quantitative estimate of drug-likeness (QED) is 0.889. The van der Waals surface area contributed by atoms with Gasteiger partial charge < -0.3 is 10.1 Å². The number of carbonyl (C=O) groups is 1. The van der Waals surface area contributed by atoms with Crippen LogP contribution in [0.4, 0.5) is 9.80 Å². The summed E-state index contributed by atoms with van der Waals surface area (Å²) in [5.74, 6) is 0.284. The predicted octanol–water partition coefficient (Wildman–Crippen LogP) is 2.92. The van der Waals surface area contributed by atoms with Crippen molar-refractivity contribution in [2.75, 3.05) is 5.32 Å². The Morgan fingerprint density at radius 1 is 1.29 bits per heavy atom. The lowest BCUT2D eigenvalue weighted by Crippen LogP contribution is -2.41. The van der Waals surface area contributed by atoms with Gasteiger partial charge in [-0.15, -0.1) is 11.3 Å². The molecule has 2 aromatic heterocycles. The Morgan fingerprint density at radius 2 is 2.08 bits per heavy atom. The highest BCUT2D eigenvalue weighted by atomic mass is 32.1. The van der Waals surface area contributed by atoms with Gasteiger partial charge in [-0.1, -0.05) is 0 Å². The van der Waals surface area contributed by atoms with E-state index >= 15 is 0 Å². The number of nitrogens with zero attached hydrogens (tertiary/aromatic N) is 3. The summed E-state index contributed by atoms with van der Waals surface area (Å²) in [6.45, 7) is 0. The number of amides is 2. The second kappa shape index (κ2) is 7.75. The molecule has 2 heterocycles. The summed E-state index contributed by atoms with van der Waals surface area (Å²) < 4.78 is 5.79. The summed E-state index contributed by atoms with van der Waals surface area (Å²) in [6.07, 6.45) is 6.22. The molecule has 24 heavy (non-hydrogen) atoms. The van der Waals surface area contributed by atoms with Gasteiger partial charge in [0.25, 0.3) is 5.88 Å². The molecular formula is C16H17N5O2S. The highest BCUT2D eigenvalue weighted by Crippen LogP contribution is 2.24. The molecule has 2 aromatic rings. The lowest BCUT2D eigenvalue weighted by Gasteiger charge is -2.29. The van der Waals surface area contributed by atoms with Crippen LogP contribution < -0.4 is 15.4 Å². The van der Waals surface area contributed by atoms with Crippen molar-refractivity contribution < 1.29 is 9.53 Å². The zero-order chi connectivity index (χ0) is 16.8. The summed E-state index contributed by atoms with van der Waals surface area (Å²) in [7, 11) is 0. The average molecular weight is 343 g/mol. The van der Waals surface area contributed by atoms with Crippen LogP contribution in [-0.4, -0.2) is 28.1 Å². The third-order valence-corrected chi connectivity index (χ3v) is 4.60. The molecule has 0 saturated heterocycles. The van der Waals surface area contributed by atoms with Gasteiger partial charge in [0.1, 0.15) is 12.2 Å². The maximum atomic E-state index is 11.9. The number of nitriles is 1. The Hall–Kier alpha value is -2.66. The molecule has 124 valence electrons. The van der Waals surface area contributed by atoms with E-state index in [1.807, 2.05) is 23.6 Å². The van der Waals surface area contributed by atoms with Gasteiger partial charge >= 0.3 is 6.03 Å². The third kappa shape index (κ3) is 4.20. The van der Waals surface area contributed by atoms with Gasteiger partial charge in [-0.3, -0.25) is 5.32 Å². The molecule has 3 rings (SSSR count). The number of nitrogens with one attached hydrogen (secondary N) is 2. The van der Waals surface area contributed by atoms with Crippen LogP contribution in [0, 0.1) is 11.3 Å². The summed E-state index contributed by atoms with van der Waals surface area (Å²) in [4.78, 5) is 19.9. The van der Waals surface area contributed by atoms with Gasteiger partial charge in [-0.25, -0.2) is 14.8 Å². The van der Waals surface area contributed by atoms with Crippen molar-refractivity contribution in [3.05, 3.63) is 35.6 Å². The van der Waals surface area contributed by atoms with Crippen molar-refractivity contribution in [1.29, 1.82) is 5.26 Å². The maximum absolute atomic E-state index is 11.9. The zero-order valence-corrected chi connectivity index (χ0v) is 13.8. The van der Waals surface area contributed by atoms with Crippen LogP contribution in [0.3, 0.4) is 0 Å². The number of carbonyl (C=O) groups excluding carboxylic acids is 1. The second-order valence-corrected chi connectivity index (χ2v) is 6.44. The summed E-state index contributed by atoms with van der Waals surface area (Å²) in [6, 6.07) is 5.68. The van der Waals surface area contributed by atoms with Crippen LogP contribution in [-0.2, 0) is 0 Å². The minimum absolute atomic E-state index is 0.00722. The van der Waals surface area contributed by atoms with Crippen LogP contribution in [0.1, 0.15) is 31.4 Å². The van der Waals surface area contributed by atoms with Gasteiger partial charge in [0.2, 0.25) is 5.69 Å². The number of thiophene rings is 1. The Labute approximate surface area is 143 Å². The molecule has 0 aromatic carbocycles. The van der Waals surface area contributed by atoms with Crippen LogP contribution in [0.5, 0.6) is 5.88 Å². The van der Waals surface area contributed by atoms with E-state index in [9.17, 15) is 4.79 Å². The minimum Gasteiger partial charge on any atom is -0.472 e. The molecule has 0 radical (unpaired) electrons. The SMILES string of the molecule is N#Cc1nccnc1OC1CCC(NC(=O)Nc2cccs2)CC1. The van der Waals surface area contributed by atoms with E-state index in [1.165, 1.54) is 23.7 Å². The Kier molecular flexibility index (Phi) is 5.23. The van der Waals surface area contributed by atoms with Gasteiger partial charge in [0, 0.05) is 18.4 Å². The van der Waals surface area contributed by atoms with E-state index < -0.39 is 0 Å². The molecule has 7 nitrogen and oxygen atoms in total. The van der Waals surface area contributed by atoms with E-state index in [0.717, 1.165) is 30.7 Å². The van der Waals surface area contributed by atoms with Crippen molar-refractivity contribution in [3.8, 4) is 11.9 Å². The second-order valence-electron chi connectivity index (χ2n) is 5.49. The summed E-state index contributed by atoms with van der Waals surface area (Å²) in [5.41, 5.74) is 0.202. The van der Waals surface area contributed by atoms with E-state index in [2.05, 4.69) is 20.6 Å². The van der Waals surface area contributed by atoms with Gasteiger partial charge in [0.15, 0.2) is 0 Å². The number of hydrogen-bond donors (Lipinski definition) is 2. The molecule has 8 heteroatoms. The van der Waals surface area contributed by atoms with Crippen molar-refractivity contribution in [3.63, 3.8) is 0 Å². The summed E-state index contributed by atoms with van der Waals surface area (Å²) in [5, 5.41) is 17.6. The average Bonchev–Trinajstić information content (AvgIpc) is 3.10. The third-order valence-electron chi connectivity index (χ3n) is 3.82. The number of urea groups is 1. The smallest absolute Gasteiger partial charge is 0.320 e. The topological polar surface area (TPSA) is 99.9 Å². The van der Waals surface area contributed by atoms with Crippen LogP contribution in [0.2, 0.25) is 0 Å². The molecule has 0 unspecified atom stereocenters. The van der Waals surface area contributed by atoms with Crippen molar-refractivity contribution in [1.82, 2.24) is 15.3 Å². The molecule has 0 bridgehead atoms. The number of ether oxygens (including phenoxy) is 1. The molecule has 2 amide bonds. The first-order valence-corrected chi connectivity index (χ1v) is 8.61. The molecule has 0 aliphatic heterocycles. The molecule has 1 aliphatic carbocycles. The van der Waals surface area contributed by atoms with Crippen molar-refractivity contribution >= 4 is 22.4 Å². The standard InChI is InChI=1S/C16H17N5O2S/c17-10-13-15(19-8-7-18-13)23-12-5-3-11(4-6-12)20-16(22)21-14-2-1-9-24-14/h1-2,7-9,11-12H,3-6H2,(H2,20,21,22). The number of hydrogen-bond acceptors (Lipinski definition) is 6. The first-order valence-electron chi connectivity index (χ1n) is 7.73. The van der Waals surface area contributed by atoms with Gasteiger partial charge in [0.05, 0.1) is 5.00 Å². The predicted molar refractivity (Wildman–Crippen MR) is 89.9 cm³/mol. The lowest BCUT2D eigenvalue weighted by molar-refractivity contribution is 0.134. The minimum atomic E-state index is -0.178. The van der Waals surface area contributed by atoms with Crippen LogP contribution >= 0.6 is 11.3 Å².